The molecule has 3 aromatic heterocycles. The average Bonchev–Trinajstić information content (AvgIpc) is 3.58. The molecule has 0 saturated heterocycles. The summed E-state index contributed by atoms with van der Waals surface area (Å²) in [5.41, 5.74) is 6.42. The standard InChI is InChI=1S/C29H29N7O2S2/c1-40(37,38)12-10-30-17-29-34-28(20-39-29)35-11-9-22-14-31-16-26(25(22)19-35)33-24-7-8-27-23(13-24)15-32-36(27)18-21-5-3-2-4-6-21/h2-9,11,13-16,20,30,33H,10,12,17-19H2,1H3. The van der Waals surface area contributed by atoms with E-state index in [1.54, 1.807) is 11.3 Å². The van der Waals surface area contributed by atoms with E-state index in [9.17, 15) is 8.42 Å². The highest BCUT2D eigenvalue weighted by molar-refractivity contribution is 7.90. The van der Waals surface area contributed by atoms with Crippen LogP contribution in [0.2, 0.25) is 0 Å². The Morgan fingerprint density at radius 1 is 1.07 bits per heavy atom. The lowest BCUT2D eigenvalue weighted by Gasteiger charge is -2.25. The molecule has 5 aromatic rings. The van der Waals surface area contributed by atoms with Gasteiger partial charge in [-0.05, 0) is 29.8 Å². The van der Waals surface area contributed by atoms with Crippen molar-refractivity contribution in [3.63, 3.8) is 0 Å². The number of benzene rings is 2. The Morgan fingerprint density at radius 2 is 1.95 bits per heavy atom. The minimum atomic E-state index is -2.98. The van der Waals surface area contributed by atoms with E-state index < -0.39 is 9.84 Å². The minimum Gasteiger partial charge on any atom is -0.354 e. The Kier molecular flexibility index (Phi) is 7.33. The maximum absolute atomic E-state index is 11.3. The normalized spacial score (nSPS) is 13.1. The Hall–Kier alpha value is -4.06. The van der Waals surface area contributed by atoms with Crippen LogP contribution in [0.1, 0.15) is 21.7 Å². The van der Waals surface area contributed by atoms with Gasteiger partial charge in [0.25, 0.3) is 0 Å². The van der Waals surface area contributed by atoms with Crippen molar-refractivity contribution in [3.05, 3.63) is 100 Å². The van der Waals surface area contributed by atoms with Gasteiger partial charge in [-0.15, -0.1) is 11.3 Å². The highest BCUT2D eigenvalue weighted by atomic mass is 32.2. The summed E-state index contributed by atoms with van der Waals surface area (Å²) in [6, 6.07) is 16.6. The van der Waals surface area contributed by atoms with Gasteiger partial charge in [-0.2, -0.15) is 5.10 Å². The van der Waals surface area contributed by atoms with Crippen LogP contribution in [0.15, 0.2) is 78.7 Å². The first-order chi connectivity index (χ1) is 19.4. The van der Waals surface area contributed by atoms with E-state index in [0.717, 1.165) is 50.8 Å². The molecule has 0 bridgehead atoms. The van der Waals surface area contributed by atoms with Crippen molar-refractivity contribution in [1.29, 1.82) is 0 Å². The van der Waals surface area contributed by atoms with Crippen LogP contribution in [-0.4, -0.2) is 46.7 Å². The van der Waals surface area contributed by atoms with E-state index >= 15 is 0 Å². The summed E-state index contributed by atoms with van der Waals surface area (Å²) in [5.74, 6) is 0.978. The number of aromatic nitrogens is 4. The van der Waals surface area contributed by atoms with E-state index in [4.69, 9.17) is 4.98 Å². The number of nitrogens with one attached hydrogen (secondary N) is 2. The molecule has 2 N–H and O–H groups in total. The molecule has 0 fully saturated rings. The van der Waals surface area contributed by atoms with Crippen molar-refractivity contribution in [1.82, 2.24) is 25.1 Å². The van der Waals surface area contributed by atoms with Crippen LogP contribution < -0.4 is 15.5 Å². The summed E-state index contributed by atoms with van der Waals surface area (Å²) in [6.07, 6.45) is 11.0. The highest BCUT2D eigenvalue weighted by Gasteiger charge is 2.18. The molecule has 0 amide bonds. The number of hydrogen-bond donors (Lipinski definition) is 2. The first-order valence-corrected chi connectivity index (χ1v) is 15.9. The second-order valence-corrected chi connectivity index (χ2v) is 13.0. The number of thiazole rings is 1. The molecule has 2 aromatic carbocycles. The van der Waals surface area contributed by atoms with Gasteiger partial charge in [0.2, 0.25) is 0 Å². The lowest BCUT2D eigenvalue weighted by molar-refractivity contribution is 0.596. The summed E-state index contributed by atoms with van der Waals surface area (Å²) < 4.78 is 24.7. The molecule has 0 aliphatic carbocycles. The van der Waals surface area contributed by atoms with Crippen LogP contribution >= 0.6 is 11.3 Å². The molecule has 9 nitrogen and oxygen atoms in total. The zero-order chi connectivity index (χ0) is 27.5. The molecule has 40 heavy (non-hydrogen) atoms. The molecule has 6 rings (SSSR count). The van der Waals surface area contributed by atoms with Crippen molar-refractivity contribution >= 4 is 55.3 Å². The van der Waals surface area contributed by atoms with Crippen LogP contribution in [0.5, 0.6) is 0 Å². The molecule has 1 aliphatic heterocycles. The summed E-state index contributed by atoms with van der Waals surface area (Å²) in [7, 11) is -2.98. The number of hydrogen-bond acceptors (Lipinski definition) is 9. The van der Waals surface area contributed by atoms with Crippen molar-refractivity contribution in [2.24, 2.45) is 0 Å². The third-order valence-corrected chi connectivity index (χ3v) is 8.49. The van der Waals surface area contributed by atoms with E-state index in [2.05, 4.69) is 62.0 Å². The molecule has 1 aliphatic rings. The molecule has 0 atom stereocenters. The van der Waals surface area contributed by atoms with Crippen LogP contribution in [0.3, 0.4) is 0 Å². The zero-order valence-electron chi connectivity index (χ0n) is 22.0. The Balaban J connectivity index is 1.15. The van der Waals surface area contributed by atoms with Crippen LogP contribution in [0.25, 0.3) is 17.0 Å². The van der Waals surface area contributed by atoms with Gasteiger partial charge >= 0.3 is 0 Å². The van der Waals surface area contributed by atoms with Gasteiger partial charge in [0.05, 0.1) is 42.4 Å². The van der Waals surface area contributed by atoms with Gasteiger partial charge in [-0.1, -0.05) is 30.3 Å². The van der Waals surface area contributed by atoms with Crippen molar-refractivity contribution in [2.75, 3.05) is 28.8 Å². The van der Waals surface area contributed by atoms with Crippen molar-refractivity contribution < 1.29 is 8.42 Å². The second kappa shape index (κ2) is 11.2. The predicted octanol–water partition coefficient (Wildman–Crippen LogP) is 4.80. The fourth-order valence-corrected chi connectivity index (χ4v) is 5.93. The molecular formula is C29H29N7O2S2. The lowest BCUT2D eigenvalue weighted by Crippen LogP contribution is -2.22. The second-order valence-electron chi connectivity index (χ2n) is 9.79. The molecule has 0 radical (unpaired) electrons. The number of fused-ring (bicyclic) bond motifs is 2. The van der Waals surface area contributed by atoms with Crippen molar-refractivity contribution in [3.8, 4) is 0 Å². The molecule has 11 heteroatoms. The topological polar surface area (TPSA) is 105 Å². The van der Waals surface area contributed by atoms with Gasteiger partial charge in [-0.25, -0.2) is 13.4 Å². The van der Waals surface area contributed by atoms with Gasteiger partial charge in [0.1, 0.15) is 20.7 Å². The molecule has 4 heterocycles. The minimum absolute atomic E-state index is 0.115. The highest BCUT2D eigenvalue weighted by Crippen LogP contribution is 2.32. The summed E-state index contributed by atoms with van der Waals surface area (Å²) in [6.45, 7) is 2.32. The third-order valence-electron chi connectivity index (χ3n) is 6.71. The molecule has 204 valence electrons. The molecule has 0 saturated carbocycles. The SMILES string of the molecule is CS(=O)(=O)CCNCc1nc(N2C=Cc3cncc(Nc4ccc5c(cnn5Cc5ccccc5)c4)c3C2)cs1. The summed E-state index contributed by atoms with van der Waals surface area (Å²) in [4.78, 5) is 11.3. The van der Waals surface area contributed by atoms with Crippen LogP contribution in [-0.2, 0) is 29.5 Å². The lowest BCUT2D eigenvalue weighted by atomic mass is 10.0. The number of sulfone groups is 1. The smallest absolute Gasteiger partial charge is 0.148 e. The first-order valence-electron chi connectivity index (χ1n) is 12.9. The average molecular weight is 572 g/mol. The van der Waals surface area contributed by atoms with E-state index in [1.807, 2.05) is 53.1 Å². The fraction of sp³-hybridized carbons (Fsp3) is 0.207. The van der Waals surface area contributed by atoms with E-state index in [1.165, 1.54) is 11.8 Å². The van der Waals surface area contributed by atoms with Crippen molar-refractivity contribution in [2.45, 2.75) is 19.6 Å². The summed E-state index contributed by atoms with van der Waals surface area (Å²) in [5, 5.41) is 15.4. The Labute approximate surface area is 237 Å². The number of rotatable bonds is 10. The van der Waals surface area contributed by atoms with E-state index in [-0.39, 0.29) is 5.75 Å². The van der Waals surface area contributed by atoms with Gasteiger partial charge in [0, 0.05) is 59.3 Å². The molecule has 0 spiro atoms. The van der Waals surface area contributed by atoms with E-state index in [0.29, 0.717) is 19.6 Å². The number of nitrogens with zero attached hydrogens (tertiary/aromatic N) is 5. The maximum Gasteiger partial charge on any atom is 0.148 e. The largest absolute Gasteiger partial charge is 0.354 e. The van der Waals surface area contributed by atoms with Gasteiger partial charge in [0.15, 0.2) is 0 Å². The molecular weight excluding hydrogens is 543 g/mol. The molecule has 0 unspecified atom stereocenters. The van der Waals surface area contributed by atoms with Crippen LogP contribution in [0, 0.1) is 0 Å². The first kappa shape index (κ1) is 26.2. The number of pyridine rings is 1. The third kappa shape index (κ3) is 6.06. The maximum atomic E-state index is 11.3. The predicted molar refractivity (Wildman–Crippen MR) is 162 cm³/mol. The van der Waals surface area contributed by atoms with Crippen LogP contribution in [0.4, 0.5) is 17.2 Å². The Morgan fingerprint density at radius 3 is 2.80 bits per heavy atom. The Bertz CT molecular complexity index is 1780. The number of anilines is 3. The zero-order valence-corrected chi connectivity index (χ0v) is 23.6. The summed E-state index contributed by atoms with van der Waals surface area (Å²) >= 11 is 1.56. The van der Waals surface area contributed by atoms with Gasteiger partial charge in [-0.3, -0.25) is 9.67 Å². The fourth-order valence-electron chi connectivity index (χ4n) is 4.65. The van der Waals surface area contributed by atoms with Gasteiger partial charge < -0.3 is 15.5 Å². The quantitative estimate of drug-likeness (QED) is 0.230. The monoisotopic (exact) mass is 571 g/mol.